The number of aryl methyl sites for hydroxylation is 1. The smallest absolute Gasteiger partial charge is 0.104 e. The molecule has 0 amide bonds. The Morgan fingerprint density at radius 2 is 0.704 bits per heavy atom. The van der Waals surface area contributed by atoms with Crippen molar-refractivity contribution < 1.29 is 0 Å². The molecule has 0 aliphatic heterocycles. The zero-order valence-electron chi connectivity index (χ0n) is 15.4. The lowest BCUT2D eigenvalue weighted by Crippen LogP contribution is -2.22. The van der Waals surface area contributed by atoms with Crippen molar-refractivity contribution in [2.45, 2.75) is 11.8 Å². The maximum Gasteiger partial charge on any atom is 0.119 e. The molecule has 4 aromatic carbocycles. The maximum absolute atomic E-state index is 7.12. The molecule has 0 N–H and O–H groups in total. The molecule has 0 atom stereocenters. The first-order valence-corrected chi connectivity index (χ1v) is 9.46. The van der Waals surface area contributed by atoms with E-state index in [0.29, 0.717) is 0 Å². The van der Waals surface area contributed by atoms with Crippen LogP contribution < -0.4 is 0 Å². The van der Waals surface area contributed by atoms with Gasteiger partial charge in [0.15, 0.2) is 0 Å². The Hall–Kier alpha value is -2.83. The summed E-state index contributed by atoms with van der Waals surface area (Å²) in [4.78, 5) is -0.649. The van der Waals surface area contributed by atoms with Crippen molar-refractivity contribution in [3.05, 3.63) is 144 Å². The second kappa shape index (κ2) is 9.21. The van der Waals surface area contributed by atoms with Gasteiger partial charge in [-0.15, -0.1) is 11.6 Å². The third kappa shape index (κ3) is 4.67. The first-order chi connectivity index (χ1) is 13.2. The van der Waals surface area contributed by atoms with Gasteiger partial charge in [-0.05, 0) is 23.6 Å². The van der Waals surface area contributed by atoms with Crippen molar-refractivity contribution >= 4 is 11.6 Å². The maximum atomic E-state index is 7.12. The van der Waals surface area contributed by atoms with Crippen LogP contribution >= 0.6 is 11.6 Å². The van der Waals surface area contributed by atoms with Crippen LogP contribution in [0.5, 0.6) is 0 Å². The minimum atomic E-state index is -0.649. The Morgan fingerprint density at radius 3 is 0.926 bits per heavy atom. The molecule has 0 bridgehead atoms. The summed E-state index contributed by atoms with van der Waals surface area (Å²) in [5.74, 6) is 0. The molecule has 4 rings (SSSR count). The highest BCUT2D eigenvalue weighted by Gasteiger charge is 2.33. The van der Waals surface area contributed by atoms with Gasteiger partial charge in [-0.3, -0.25) is 0 Å². The Morgan fingerprint density at radius 1 is 0.444 bits per heavy atom. The van der Waals surface area contributed by atoms with Crippen molar-refractivity contribution in [1.82, 2.24) is 0 Å². The van der Waals surface area contributed by atoms with Crippen molar-refractivity contribution in [2.24, 2.45) is 0 Å². The fraction of sp³-hybridized carbons (Fsp3) is 0.0769. The molecule has 0 aliphatic carbocycles. The van der Waals surface area contributed by atoms with E-state index in [-0.39, 0.29) is 0 Å². The summed E-state index contributed by atoms with van der Waals surface area (Å²) in [7, 11) is 0. The van der Waals surface area contributed by atoms with Crippen LogP contribution in [0.25, 0.3) is 0 Å². The van der Waals surface area contributed by atoms with Crippen LogP contribution in [0.3, 0.4) is 0 Å². The number of hydrogen-bond acceptors (Lipinski definition) is 0. The van der Waals surface area contributed by atoms with E-state index < -0.39 is 4.87 Å². The van der Waals surface area contributed by atoms with Gasteiger partial charge in [0, 0.05) is 0 Å². The zero-order chi connectivity index (χ0) is 19.0. The lowest BCUT2D eigenvalue weighted by Gasteiger charge is -2.29. The van der Waals surface area contributed by atoms with E-state index in [1.54, 1.807) is 0 Å². The molecule has 0 saturated heterocycles. The Balaban J connectivity index is 0.000000253. The topological polar surface area (TPSA) is 0 Å². The van der Waals surface area contributed by atoms with Crippen LogP contribution in [0.15, 0.2) is 121 Å². The average molecular weight is 371 g/mol. The third-order valence-electron chi connectivity index (χ3n) is 4.46. The molecule has 4 aromatic rings. The average Bonchev–Trinajstić information content (AvgIpc) is 2.76. The highest BCUT2D eigenvalue weighted by atomic mass is 35.5. The molecule has 134 valence electrons. The van der Waals surface area contributed by atoms with Crippen LogP contribution in [0, 0.1) is 6.92 Å². The number of alkyl halides is 1. The van der Waals surface area contributed by atoms with Crippen LogP contribution in [0.4, 0.5) is 0 Å². The minimum absolute atomic E-state index is 0.649. The molecule has 0 aromatic heterocycles. The van der Waals surface area contributed by atoms with Crippen LogP contribution in [0.1, 0.15) is 22.3 Å². The summed E-state index contributed by atoms with van der Waals surface area (Å²) in [6, 6.07) is 40.9. The van der Waals surface area contributed by atoms with Crippen molar-refractivity contribution in [2.75, 3.05) is 0 Å². The minimum Gasteiger partial charge on any atom is -0.104 e. The Kier molecular flexibility index (Phi) is 6.46. The molecule has 0 nitrogen and oxygen atoms in total. The predicted molar refractivity (Wildman–Crippen MR) is 116 cm³/mol. The van der Waals surface area contributed by atoms with Crippen LogP contribution in [0.2, 0.25) is 0 Å². The van der Waals surface area contributed by atoms with Gasteiger partial charge in [-0.2, -0.15) is 0 Å². The number of rotatable bonds is 3. The Labute approximate surface area is 167 Å². The molecular weight excluding hydrogens is 348 g/mol. The molecule has 0 aliphatic rings. The summed E-state index contributed by atoms with van der Waals surface area (Å²) in [6.45, 7) is 2.08. The van der Waals surface area contributed by atoms with Crippen LogP contribution in [-0.4, -0.2) is 0 Å². The van der Waals surface area contributed by atoms with E-state index in [2.05, 4.69) is 55.5 Å². The molecule has 27 heavy (non-hydrogen) atoms. The van der Waals surface area contributed by atoms with Gasteiger partial charge in [-0.1, -0.05) is 127 Å². The van der Waals surface area contributed by atoms with E-state index in [9.17, 15) is 0 Å². The standard InChI is InChI=1S/C19H15Cl.C7H8/c20-19(16-10-4-1-5-11-16,17-12-6-2-7-13-17)18-14-8-3-9-15-18;1-7-5-3-2-4-6-7/h1-15H;2-6H,1H3. The third-order valence-corrected chi connectivity index (χ3v) is 5.11. The normalized spacial score (nSPS) is 10.6. The molecule has 0 saturated carbocycles. The first kappa shape index (κ1) is 18.9. The lowest BCUT2D eigenvalue weighted by molar-refractivity contribution is 0.879. The summed E-state index contributed by atoms with van der Waals surface area (Å²) < 4.78 is 0. The summed E-state index contributed by atoms with van der Waals surface area (Å²) >= 11 is 7.12. The van der Waals surface area contributed by atoms with Gasteiger partial charge in [0.1, 0.15) is 4.87 Å². The number of benzene rings is 4. The second-order valence-corrected chi connectivity index (χ2v) is 6.98. The molecule has 0 unspecified atom stereocenters. The summed E-state index contributed by atoms with van der Waals surface area (Å²) in [5, 5.41) is 0. The van der Waals surface area contributed by atoms with E-state index >= 15 is 0 Å². The molecule has 1 heteroatoms. The molecule has 0 heterocycles. The van der Waals surface area contributed by atoms with Crippen LogP contribution in [-0.2, 0) is 4.87 Å². The zero-order valence-corrected chi connectivity index (χ0v) is 16.2. The first-order valence-electron chi connectivity index (χ1n) is 9.08. The van der Waals surface area contributed by atoms with E-state index in [1.165, 1.54) is 5.56 Å². The van der Waals surface area contributed by atoms with Gasteiger partial charge < -0.3 is 0 Å². The summed E-state index contributed by atoms with van der Waals surface area (Å²) in [5.41, 5.74) is 4.57. The lowest BCUT2D eigenvalue weighted by atomic mass is 9.84. The Bertz CT molecular complexity index is 820. The number of halogens is 1. The van der Waals surface area contributed by atoms with Crippen molar-refractivity contribution in [3.63, 3.8) is 0 Å². The van der Waals surface area contributed by atoms with Gasteiger partial charge in [0.2, 0.25) is 0 Å². The second-order valence-electron chi connectivity index (χ2n) is 6.41. The van der Waals surface area contributed by atoms with Crippen molar-refractivity contribution in [3.8, 4) is 0 Å². The SMILES string of the molecule is Cc1ccccc1.ClC(c1ccccc1)(c1ccccc1)c1ccccc1. The largest absolute Gasteiger partial charge is 0.119 e. The monoisotopic (exact) mass is 370 g/mol. The van der Waals surface area contributed by atoms with E-state index in [1.807, 2.05) is 72.8 Å². The molecule has 0 fully saturated rings. The molecule has 0 spiro atoms. The van der Waals surface area contributed by atoms with Gasteiger partial charge in [0.25, 0.3) is 0 Å². The fourth-order valence-electron chi connectivity index (χ4n) is 3.04. The van der Waals surface area contributed by atoms with Gasteiger partial charge in [0.05, 0.1) is 0 Å². The van der Waals surface area contributed by atoms with Gasteiger partial charge in [-0.25, -0.2) is 0 Å². The number of hydrogen-bond donors (Lipinski definition) is 0. The quantitative estimate of drug-likeness (QED) is 0.264. The highest BCUT2D eigenvalue weighted by Crippen LogP contribution is 2.42. The predicted octanol–water partition coefficient (Wildman–Crippen LogP) is 7.21. The van der Waals surface area contributed by atoms with E-state index in [4.69, 9.17) is 11.6 Å². The van der Waals surface area contributed by atoms with Crippen molar-refractivity contribution in [1.29, 1.82) is 0 Å². The fourth-order valence-corrected chi connectivity index (χ4v) is 3.42. The molecular formula is C26H23Cl. The highest BCUT2D eigenvalue weighted by molar-refractivity contribution is 6.28. The van der Waals surface area contributed by atoms with E-state index in [0.717, 1.165) is 16.7 Å². The summed E-state index contributed by atoms with van der Waals surface area (Å²) in [6.07, 6.45) is 0. The van der Waals surface area contributed by atoms with Gasteiger partial charge >= 0.3 is 0 Å². The molecule has 0 radical (unpaired) electrons.